The summed E-state index contributed by atoms with van der Waals surface area (Å²) in [4.78, 5) is 15.5. The van der Waals surface area contributed by atoms with Gasteiger partial charge in [-0.3, -0.25) is 9.97 Å². The zero-order chi connectivity index (χ0) is 16.2. The van der Waals surface area contributed by atoms with Gasteiger partial charge < -0.3 is 10.2 Å². The van der Waals surface area contributed by atoms with Gasteiger partial charge in [0.15, 0.2) is 0 Å². The van der Waals surface area contributed by atoms with Crippen molar-refractivity contribution in [1.82, 2.24) is 30.0 Å². The first-order valence-electron chi connectivity index (χ1n) is 8.13. The van der Waals surface area contributed by atoms with Gasteiger partial charge >= 0.3 is 0 Å². The minimum Gasteiger partial charge on any atom is -0.354 e. The van der Waals surface area contributed by atoms with E-state index in [1.165, 1.54) is 0 Å². The molecule has 3 aromatic heterocycles. The molecule has 7 heteroatoms. The fourth-order valence-electron chi connectivity index (χ4n) is 2.79. The van der Waals surface area contributed by atoms with Crippen LogP contribution in [0, 0.1) is 0 Å². The van der Waals surface area contributed by atoms with E-state index in [0.29, 0.717) is 0 Å². The second-order valence-corrected chi connectivity index (χ2v) is 5.74. The Hall–Kier alpha value is -2.80. The van der Waals surface area contributed by atoms with Gasteiger partial charge in [0.1, 0.15) is 5.82 Å². The SMILES string of the molecule is c1cncc(-n2cc(-c3cnc(N4CCCNCC4)cn3)cn2)c1. The molecule has 24 heavy (non-hydrogen) atoms. The summed E-state index contributed by atoms with van der Waals surface area (Å²) in [5.41, 5.74) is 2.68. The van der Waals surface area contributed by atoms with Crippen LogP contribution < -0.4 is 10.2 Å². The highest BCUT2D eigenvalue weighted by Gasteiger charge is 2.12. The Morgan fingerprint density at radius 2 is 2.00 bits per heavy atom. The van der Waals surface area contributed by atoms with E-state index in [1.54, 1.807) is 23.3 Å². The molecule has 1 aliphatic heterocycles. The van der Waals surface area contributed by atoms with Crippen LogP contribution in [0.1, 0.15) is 6.42 Å². The average Bonchev–Trinajstić information content (AvgIpc) is 2.98. The summed E-state index contributed by atoms with van der Waals surface area (Å²) in [6, 6.07) is 3.85. The van der Waals surface area contributed by atoms with E-state index in [2.05, 4.69) is 30.3 Å². The van der Waals surface area contributed by atoms with Crippen molar-refractivity contribution in [3.63, 3.8) is 0 Å². The predicted molar refractivity (Wildman–Crippen MR) is 92.1 cm³/mol. The maximum Gasteiger partial charge on any atom is 0.147 e. The molecule has 0 atom stereocenters. The third-order valence-corrected chi connectivity index (χ3v) is 4.09. The molecular weight excluding hydrogens is 302 g/mol. The normalized spacial score (nSPS) is 15.2. The molecule has 0 bridgehead atoms. The first-order chi connectivity index (χ1) is 11.9. The number of aromatic nitrogens is 5. The lowest BCUT2D eigenvalue weighted by molar-refractivity contribution is 0.724. The number of pyridine rings is 1. The lowest BCUT2D eigenvalue weighted by atomic mass is 10.3. The first kappa shape index (κ1) is 14.8. The zero-order valence-corrected chi connectivity index (χ0v) is 13.3. The van der Waals surface area contributed by atoms with Crippen LogP contribution in [0.2, 0.25) is 0 Å². The molecule has 1 saturated heterocycles. The topological polar surface area (TPSA) is 71.8 Å². The van der Waals surface area contributed by atoms with Crippen LogP contribution >= 0.6 is 0 Å². The number of anilines is 1. The van der Waals surface area contributed by atoms with Crippen LogP contribution in [0.5, 0.6) is 0 Å². The lowest BCUT2D eigenvalue weighted by Gasteiger charge is -2.20. The number of rotatable bonds is 3. The fraction of sp³-hybridized carbons (Fsp3) is 0.294. The van der Waals surface area contributed by atoms with Crippen molar-refractivity contribution in [3.8, 4) is 16.9 Å². The minimum absolute atomic E-state index is 0.821. The quantitative estimate of drug-likeness (QED) is 0.789. The first-order valence-corrected chi connectivity index (χ1v) is 8.13. The van der Waals surface area contributed by atoms with Crippen molar-refractivity contribution in [2.75, 3.05) is 31.1 Å². The van der Waals surface area contributed by atoms with E-state index < -0.39 is 0 Å². The van der Waals surface area contributed by atoms with Gasteiger partial charge in [-0.2, -0.15) is 5.10 Å². The summed E-state index contributed by atoms with van der Waals surface area (Å²) in [6.45, 7) is 4.03. The van der Waals surface area contributed by atoms with Crippen molar-refractivity contribution in [2.24, 2.45) is 0 Å². The molecule has 4 heterocycles. The molecule has 122 valence electrons. The van der Waals surface area contributed by atoms with E-state index in [9.17, 15) is 0 Å². The summed E-state index contributed by atoms with van der Waals surface area (Å²) in [7, 11) is 0. The predicted octanol–water partition coefficient (Wildman–Crippen LogP) is 1.52. The number of nitrogens with zero attached hydrogens (tertiary/aromatic N) is 6. The highest BCUT2D eigenvalue weighted by molar-refractivity contribution is 5.57. The Morgan fingerprint density at radius 1 is 1.00 bits per heavy atom. The van der Waals surface area contributed by atoms with Crippen molar-refractivity contribution in [1.29, 1.82) is 0 Å². The minimum atomic E-state index is 0.821. The van der Waals surface area contributed by atoms with Gasteiger partial charge in [0.2, 0.25) is 0 Å². The molecule has 4 rings (SSSR count). The van der Waals surface area contributed by atoms with Crippen molar-refractivity contribution in [3.05, 3.63) is 49.3 Å². The smallest absolute Gasteiger partial charge is 0.147 e. The van der Waals surface area contributed by atoms with Gasteiger partial charge in [0.25, 0.3) is 0 Å². The van der Waals surface area contributed by atoms with Crippen molar-refractivity contribution < 1.29 is 0 Å². The molecule has 0 unspecified atom stereocenters. The largest absolute Gasteiger partial charge is 0.354 e. The summed E-state index contributed by atoms with van der Waals surface area (Å²) in [6.07, 6.45) is 12.1. The van der Waals surface area contributed by atoms with E-state index in [-0.39, 0.29) is 0 Å². The molecule has 0 amide bonds. The van der Waals surface area contributed by atoms with Crippen LogP contribution in [0.3, 0.4) is 0 Å². The van der Waals surface area contributed by atoms with E-state index >= 15 is 0 Å². The Labute approximate surface area is 140 Å². The van der Waals surface area contributed by atoms with Crippen LogP contribution in [-0.4, -0.2) is 50.9 Å². The highest BCUT2D eigenvalue weighted by atomic mass is 15.3. The van der Waals surface area contributed by atoms with E-state index in [4.69, 9.17) is 0 Å². The molecule has 0 aliphatic carbocycles. The van der Waals surface area contributed by atoms with Gasteiger partial charge in [0, 0.05) is 37.6 Å². The Morgan fingerprint density at radius 3 is 2.83 bits per heavy atom. The molecule has 1 aliphatic rings. The third kappa shape index (κ3) is 3.11. The molecule has 7 nitrogen and oxygen atoms in total. The van der Waals surface area contributed by atoms with E-state index in [1.807, 2.05) is 30.7 Å². The molecule has 1 fully saturated rings. The molecule has 1 N–H and O–H groups in total. The highest BCUT2D eigenvalue weighted by Crippen LogP contribution is 2.19. The molecule has 0 spiro atoms. The maximum atomic E-state index is 4.59. The third-order valence-electron chi connectivity index (χ3n) is 4.09. The van der Waals surface area contributed by atoms with Gasteiger partial charge in [-0.15, -0.1) is 0 Å². The summed E-state index contributed by atoms with van der Waals surface area (Å²) < 4.78 is 1.79. The lowest BCUT2D eigenvalue weighted by Crippen LogP contribution is -2.28. The van der Waals surface area contributed by atoms with Gasteiger partial charge in [-0.05, 0) is 25.1 Å². The molecular formula is C17H19N7. The van der Waals surface area contributed by atoms with Crippen LogP contribution in [0.4, 0.5) is 5.82 Å². The number of nitrogens with one attached hydrogen (secondary N) is 1. The van der Waals surface area contributed by atoms with Crippen molar-refractivity contribution >= 4 is 5.82 Å². The second kappa shape index (κ2) is 6.76. The van der Waals surface area contributed by atoms with Crippen molar-refractivity contribution in [2.45, 2.75) is 6.42 Å². The molecule has 0 radical (unpaired) electrons. The molecule has 0 aromatic carbocycles. The maximum absolute atomic E-state index is 4.59. The van der Waals surface area contributed by atoms with Crippen LogP contribution in [0.15, 0.2) is 49.3 Å². The number of hydrogen-bond acceptors (Lipinski definition) is 6. The van der Waals surface area contributed by atoms with Crippen LogP contribution in [-0.2, 0) is 0 Å². The summed E-state index contributed by atoms with van der Waals surface area (Å²) >= 11 is 0. The van der Waals surface area contributed by atoms with E-state index in [0.717, 1.165) is 55.4 Å². The second-order valence-electron chi connectivity index (χ2n) is 5.74. The Bertz CT molecular complexity index is 774. The number of hydrogen-bond donors (Lipinski definition) is 1. The molecule has 3 aromatic rings. The fourth-order valence-corrected chi connectivity index (χ4v) is 2.79. The standard InChI is InChI=1S/C17H19N7/c1-3-15(10-19-4-1)24-13-14(9-22-24)16-11-21-17(12-20-16)23-7-2-5-18-6-8-23/h1,3-4,9-13,18H,2,5-8H2. The Kier molecular flexibility index (Phi) is 4.16. The molecule has 0 saturated carbocycles. The van der Waals surface area contributed by atoms with Gasteiger partial charge in [-0.1, -0.05) is 0 Å². The van der Waals surface area contributed by atoms with Gasteiger partial charge in [-0.25, -0.2) is 9.67 Å². The van der Waals surface area contributed by atoms with Crippen LogP contribution in [0.25, 0.3) is 16.9 Å². The Balaban J connectivity index is 1.54. The summed E-state index contributed by atoms with van der Waals surface area (Å²) in [5, 5.41) is 7.77. The zero-order valence-electron chi connectivity index (χ0n) is 13.3. The summed E-state index contributed by atoms with van der Waals surface area (Å²) in [5.74, 6) is 0.933. The van der Waals surface area contributed by atoms with Gasteiger partial charge in [0.05, 0.1) is 36.2 Å². The monoisotopic (exact) mass is 321 g/mol. The average molecular weight is 321 g/mol.